The van der Waals surface area contributed by atoms with Gasteiger partial charge in [0.05, 0.1) is 19.6 Å². The Morgan fingerprint density at radius 1 is 0.698 bits per heavy atom. The Bertz CT molecular complexity index is 1070. The van der Waals surface area contributed by atoms with Crippen LogP contribution in [0.4, 0.5) is 5.69 Å². The predicted octanol–water partition coefficient (Wildman–Crippen LogP) is -2.21. The van der Waals surface area contributed by atoms with Crippen LogP contribution < -0.4 is 9.64 Å². The number of morpholine rings is 1. The summed E-state index contributed by atoms with van der Waals surface area (Å²) in [7, 11) is 0. The summed E-state index contributed by atoms with van der Waals surface area (Å²) in [6.07, 6.45) is -0.922. The zero-order chi connectivity index (χ0) is 31.4. The average Bonchev–Trinajstić information content (AvgIpc) is 2.92. The highest BCUT2D eigenvalue weighted by molar-refractivity contribution is 5.94. The number of β-amino-alcohol motifs (C(OH)–C–C–N with tert-alkyl or cyclic N) is 1. The quantitative estimate of drug-likeness (QED) is 0.147. The van der Waals surface area contributed by atoms with Crippen molar-refractivity contribution in [3.63, 3.8) is 0 Å². The second kappa shape index (κ2) is 16.7. The maximum atomic E-state index is 11.5. The number of ether oxygens (including phenoxy) is 2. The molecule has 0 bridgehead atoms. The molecule has 1 aromatic carbocycles. The third kappa shape index (κ3) is 12.5. The van der Waals surface area contributed by atoms with E-state index in [9.17, 15) is 44.4 Å². The summed E-state index contributed by atoms with van der Waals surface area (Å²) >= 11 is 0. The molecule has 0 radical (unpaired) electrons. The number of carbonyl (C=O) groups is 5. The van der Waals surface area contributed by atoms with Crippen molar-refractivity contribution in [2.45, 2.75) is 6.10 Å². The molecule has 2 saturated heterocycles. The van der Waals surface area contributed by atoms with Gasteiger partial charge in [0.15, 0.2) is 0 Å². The Balaban J connectivity index is 1.60. The van der Waals surface area contributed by atoms with E-state index < -0.39 is 36.0 Å². The number of cyclic esters (lactones) is 2. The highest BCUT2D eigenvalue weighted by atomic mass is 16.6. The first-order valence-corrected chi connectivity index (χ1v) is 13.9. The van der Waals surface area contributed by atoms with Gasteiger partial charge in [-0.25, -0.2) is 9.59 Å². The van der Waals surface area contributed by atoms with Crippen molar-refractivity contribution < 1.29 is 53.9 Å². The Morgan fingerprint density at radius 2 is 1.09 bits per heavy atom. The van der Waals surface area contributed by atoms with Crippen LogP contribution in [0.1, 0.15) is 0 Å². The maximum absolute atomic E-state index is 11.5. The number of rotatable bonds is 12. The van der Waals surface area contributed by atoms with Gasteiger partial charge in [-0.3, -0.25) is 34.0 Å². The van der Waals surface area contributed by atoms with Gasteiger partial charge in [-0.15, -0.1) is 0 Å². The number of carboxylic acid groups (broad SMARTS) is 3. The molecule has 43 heavy (non-hydrogen) atoms. The fourth-order valence-corrected chi connectivity index (χ4v) is 4.85. The number of hydrogen-bond acceptors (Lipinski definition) is 13. The lowest BCUT2D eigenvalue weighted by molar-refractivity contribution is -0.160. The van der Waals surface area contributed by atoms with Crippen LogP contribution in [0, 0.1) is 0 Å². The second-order valence-corrected chi connectivity index (χ2v) is 10.5. The van der Waals surface area contributed by atoms with Crippen molar-refractivity contribution in [1.82, 2.24) is 19.6 Å². The minimum absolute atomic E-state index is 0.0468. The standard InChI is InChI=1S/C27H39N5O11/c33-21(19-42-22-3-1-20(2-4-22)32-17-26(40)43-27(41)18-32)13-28-5-7-29(14-23(34)35)9-11-31(16-25(38)39)12-10-30(8-6-28)15-24(36)37/h1-4,21,33H,5-19H2,(H,34,35)(H,36,37)(H,38,39). The third-order valence-electron chi connectivity index (χ3n) is 6.99. The number of anilines is 1. The lowest BCUT2D eigenvalue weighted by Crippen LogP contribution is -2.49. The van der Waals surface area contributed by atoms with Crippen LogP contribution in [0.3, 0.4) is 0 Å². The Kier molecular flexibility index (Phi) is 13.1. The summed E-state index contributed by atoms with van der Waals surface area (Å²) in [5.74, 6) is -3.83. The molecule has 2 fully saturated rings. The van der Waals surface area contributed by atoms with Crippen LogP contribution in [-0.4, -0.2) is 174 Å². The Hall–Kier alpha value is -3.83. The lowest BCUT2D eigenvalue weighted by Gasteiger charge is -2.33. The molecule has 1 unspecified atom stereocenters. The molecular formula is C27H39N5O11. The number of carboxylic acids is 3. The maximum Gasteiger partial charge on any atom is 0.333 e. The fraction of sp³-hybridized carbons (Fsp3) is 0.593. The monoisotopic (exact) mass is 609 g/mol. The van der Waals surface area contributed by atoms with Gasteiger partial charge in [0.2, 0.25) is 0 Å². The summed E-state index contributed by atoms with van der Waals surface area (Å²) < 4.78 is 10.3. The number of aliphatic hydroxyl groups is 1. The van der Waals surface area contributed by atoms with E-state index in [2.05, 4.69) is 4.74 Å². The van der Waals surface area contributed by atoms with Crippen molar-refractivity contribution in [3.05, 3.63) is 24.3 Å². The number of hydrogen-bond donors (Lipinski definition) is 4. The molecular weight excluding hydrogens is 570 g/mol. The van der Waals surface area contributed by atoms with Crippen LogP contribution >= 0.6 is 0 Å². The van der Waals surface area contributed by atoms with Gasteiger partial charge < -0.3 is 34.8 Å². The summed E-state index contributed by atoms with van der Waals surface area (Å²) in [6.45, 7) is 2.01. The van der Waals surface area contributed by atoms with Crippen LogP contribution in [0.2, 0.25) is 0 Å². The van der Waals surface area contributed by atoms with Gasteiger partial charge in [0.25, 0.3) is 0 Å². The van der Waals surface area contributed by atoms with E-state index in [1.807, 2.05) is 4.90 Å². The summed E-state index contributed by atoms with van der Waals surface area (Å²) in [5, 5.41) is 38.8. The lowest BCUT2D eigenvalue weighted by atomic mass is 10.2. The van der Waals surface area contributed by atoms with Gasteiger partial charge in [0, 0.05) is 64.6 Å². The molecule has 238 valence electrons. The van der Waals surface area contributed by atoms with Crippen LogP contribution in [-0.2, 0) is 28.7 Å². The number of aliphatic carboxylic acids is 3. The van der Waals surface area contributed by atoms with Crippen molar-refractivity contribution in [2.75, 3.05) is 103 Å². The van der Waals surface area contributed by atoms with Crippen molar-refractivity contribution in [2.24, 2.45) is 0 Å². The number of benzene rings is 1. The van der Waals surface area contributed by atoms with Crippen LogP contribution in [0.25, 0.3) is 0 Å². The molecule has 16 heteroatoms. The molecule has 0 aromatic heterocycles. The molecule has 3 rings (SSSR count). The molecule has 2 aliphatic rings. The predicted molar refractivity (Wildman–Crippen MR) is 150 cm³/mol. The van der Waals surface area contributed by atoms with Crippen molar-refractivity contribution >= 4 is 35.5 Å². The van der Waals surface area contributed by atoms with E-state index in [0.717, 1.165) is 0 Å². The molecule has 0 saturated carbocycles. The number of esters is 2. The normalized spacial score (nSPS) is 19.6. The van der Waals surface area contributed by atoms with Crippen molar-refractivity contribution in [3.8, 4) is 5.75 Å². The molecule has 0 amide bonds. The number of carbonyl (C=O) groups excluding carboxylic acids is 2. The first kappa shape index (κ1) is 33.7. The molecule has 0 spiro atoms. The van der Waals surface area contributed by atoms with E-state index in [1.54, 1.807) is 43.9 Å². The molecule has 1 aromatic rings. The Morgan fingerprint density at radius 3 is 1.49 bits per heavy atom. The molecule has 4 N–H and O–H groups in total. The van der Waals surface area contributed by atoms with E-state index in [4.69, 9.17) is 4.74 Å². The SMILES string of the molecule is O=C(O)CN1CCN(CC(=O)O)CCN(CC(O)COc2ccc(N3CC(=O)OC(=O)C3)cc2)CCN(CC(=O)O)CC1. The minimum Gasteiger partial charge on any atom is -0.491 e. The topological polar surface area (TPSA) is 201 Å². The van der Waals surface area contributed by atoms with Gasteiger partial charge in [-0.05, 0) is 24.3 Å². The first-order chi connectivity index (χ1) is 20.5. The summed E-state index contributed by atoms with van der Waals surface area (Å²) in [6, 6.07) is 6.69. The van der Waals surface area contributed by atoms with Gasteiger partial charge in [-0.2, -0.15) is 0 Å². The smallest absolute Gasteiger partial charge is 0.333 e. The zero-order valence-electron chi connectivity index (χ0n) is 23.9. The number of nitrogens with zero attached hydrogens (tertiary/aromatic N) is 5. The Labute approximate surface area is 248 Å². The number of aliphatic hydroxyl groups excluding tert-OH is 1. The summed E-state index contributed by atoms with van der Waals surface area (Å²) in [5.41, 5.74) is 0.639. The third-order valence-corrected chi connectivity index (χ3v) is 6.99. The van der Waals surface area contributed by atoms with Crippen LogP contribution in [0.5, 0.6) is 5.75 Å². The molecule has 0 aliphatic carbocycles. The molecule has 1 atom stereocenters. The largest absolute Gasteiger partial charge is 0.491 e. The van der Waals surface area contributed by atoms with E-state index in [0.29, 0.717) is 63.8 Å². The minimum atomic E-state index is -1.02. The van der Waals surface area contributed by atoms with Gasteiger partial charge >= 0.3 is 29.8 Å². The van der Waals surface area contributed by atoms with E-state index in [-0.39, 0.29) is 45.9 Å². The molecule has 2 heterocycles. The molecule has 16 nitrogen and oxygen atoms in total. The fourth-order valence-electron chi connectivity index (χ4n) is 4.85. The van der Waals surface area contributed by atoms with Gasteiger partial charge in [0.1, 0.15) is 31.5 Å². The van der Waals surface area contributed by atoms with Gasteiger partial charge in [-0.1, -0.05) is 0 Å². The van der Waals surface area contributed by atoms with E-state index >= 15 is 0 Å². The van der Waals surface area contributed by atoms with Crippen LogP contribution in [0.15, 0.2) is 24.3 Å². The highest BCUT2D eigenvalue weighted by Crippen LogP contribution is 2.21. The zero-order valence-corrected chi connectivity index (χ0v) is 23.9. The van der Waals surface area contributed by atoms with E-state index in [1.165, 1.54) is 0 Å². The highest BCUT2D eigenvalue weighted by Gasteiger charge is 2.25. The van der Waals surface area contributed by atoms with Crippen molar-refractivity contribution in [1.29, 1.82) is 0 Å². The second-order valence-electron chi connectivity index (χ2n) is 10.5. The molecule has 2 aliphatic heterocycles. The first-order valence-electron chi connectivity index (χ1n) is 13.9. The summed E-state index contributed by atoms with van der Waals surface area (Å²) in [4.78, 5) is 65.9. The average molecular weight is 610 g/mol.